The van der Waals surface area contributed by atoms with E-state index in [0.29, 0.717) is 0 Å². The Balaban J connectivity index is 0.000001000. The molecule has 2 N–H and O–H groups in total. The molecule has 0 saturated carbocycles. The van der Waals surface area contributed by atoms with E-state index in [4.69, 9.17) is 5.73 Å². The highest BCUT2D eigenvalue weighted by Crippen LogP contribution is 2.18. The van der Waals surface area contributed by atoms with Crippen LogP contribution in [0.5, 0.6) is 0 Å². The molecule has 0 spiro atoms. The fraction of sp³-hybridized carbons (Fsp3) is 0. The van der Waals surface area contributed by atoms with Crippen LogP contribution in [0.1, 0.15) is 0 Å². The molecule has 5 heteroatoms. The topological polar surface area (TPSA) is 69.2 Å². The van der Waals surface area contributed by atoms with Gasteiger partial charge < -0.3 is 5.73 Å². The number of para-hydroxylation sites is 2. The van der Waals surface area contributed by atoms with Crippen molar-refractivity contribution in [2.24, 2.45) is 0 Å². The summed E-state index contributed by atoms with van der Waals surface area (Å²) in [5.74, 6) is 0. The summed E-state index contributed by atoms with van der Waals surface area (Å²) >= 11 is 0. The van der Waals surface area contributed by atoms with Crippen molar-refractivity contribution in [3.63, 3.8) is 0 Å². The van der Waals surface area contributed by atoms with Crippen molar-refractivity contribution in [2.75, 3.05) is 5.73 Å². The van der Waals surface area contributed by atoms with Crippen LogP contribution in [0.15, 0.2) is 24.3 Å². The third-order valence-electron chi connectivity index (χ3n) is 1.13. The van der Waals surface area contributed by atoms with Crippen molar-refractivity contribution < 1.29 is 4.92 Å². The van der Waals surface area contributed by atoms with E-state index in [1.165, 1.54) is 12.1 Å². The Morgan fingerprint density at radius 1 is 1.36 bits per heavy atom. The smallest absolute Gasteiger partial charge is 0.292 e. The molecule has 11 heavy (non-hydrogen) atoms. The lowest BCUT2D eigenvalue weighted by molar-refractivity contribution is -0.383. The molecule has 1 aromatic carbocycles. The van der Waals surface area contributed by atoms with E-state index in [-0.39, 0.29) is 24.9 Å². The summed E-state index contributed by atoms with van der Waals surface area (Å²) in [6, 6.07) is 6.10. The van der Waals surface area contributed by atoms with Crippen LogP contribution in [0.25, 0.3) is 0 Å². The molecule has 1 aromatic rings. The van der Waals surface area contributed by atoms with Gasteiger partial charge in [-0.1, -0.05) is 12.1 Å². The summed E-state index contributed by atoms with van der Waals surface area (Å²) in [5, 5.41) is 10.1. The number of benzene rings is 1. The summed E-state index contributed by atoms with van der Waals surface area (Å²) in [4.78, 5) is 9.64. The van der Waals surface area contributed by atoms with Gasteiger partial charge in [0, 0.05) is 6.07 Å². The predicted molar refractivity (Wildman–Crippen MR) is 47.9 cm³/mol. The second-order valence-electron chi connectivity index (χ2n) is 1.82. The Labute approximate surface area is 70.6 Å². The third kappa shape index (κ3) is 2.12. The minimum absolute atomic E-state index is 0. The molecule has 60 valence electrons. The first-order valence-corrected chi connectivity index (χ1v) is 2.70. The monoisotopic (exact) mass is 172 g/mol. The minimum Gasteiger partial charge on any atom is -0.393 e. The van der Waals surface area contributed by atoms with Gasteiger partial charge in [0.25, 0.3) is 5.69 Å². The van der Waals surface area contributed by atoms with Gasteiger partial charge in [-0.2, -0.15) is 13.5 Å². The lowest BCUT2D eigenvalue weighted by Crippen LogP contribution is -1.93. The lowest BCUT2D eigenvalue weighted by Gasteiger charge is -1.92. The van der Waals surface area contributed by atoms with Crippen molar-refractivity contribution in [3.8, 4) is 0 Å². The zero-order valence-corrected chi connectivity index (χ0v) is 6.65. The van der Waals surface area contributed by atoms with Crippen molar-refractivity contribution in [3.05, 3.63) is 34.4 Å². The van der Waals surface area contributed by atoms with E-state index in [0.717, 1.165) is 0 Å². The van der Waals surface area contributed by atoms with Gasteiger partial charge in [-0.3, -0.25) is 10.1 Å². The fourth-order valence-corrected chi connectivity index (χ4v) is 0.654. The van der Waals surface area contributed by atoms with Gasteiger partial charge in [-0.15, -0.1) is 0 Å². The predicted octanol–water partition coefficient (Wildman–Crippen LogP) is 1.29. The van der Waals surface area contributed by atoms with Crippen molar-refractivity contribution in [1.82, 2.24) is 0 Å². The third-order valence-corrected chi connectivity index (χ3v) is 1.13. The second-order valence-corrected chi connectivity index (χ2v) is 1.82. The van der Waals surface area contributed by atoms with Crippen LogP contribution in [0, 0.1) is 10.1 Å². The molecular formula is C6H8N2O2S. The largest absolute Gasteiger partial charge is 0.393 e. The summed E-state index contributed by atoms with van der Waals surface area (Å²) in [6.45, 7) is 0. The normalized spacial score (nSPS) is 8.36. The van der Waals surface area contributed by atoms with Crippen LogP contribution in [-0.2, 0) is 0 Å². The maximum absolute atomic E-state index is 10.1. The highest BCUT2D eigenvalue weighted by Gasteiger charge is 2.07. The molecule has 0 bridgehead atoms. The highest BCUT2D eigenvalue weighted by molar-refractivity contribution is 7.59. The first-order valence-electron chi connectivity index (χ1n) is 2.70. The number of rotatable bonds is 1. The second kappa shape index (κ2) is 3.82. The molecule has 1 rings (SSSR count). The van der Waals surface area contributed by atoms with Crippen LogP contribution < -0.4 is 5.73 Å². The van der Waals surface area contributed by atoms with Crippen LogP contribution in [-0.4, -0.2) is 4.92 Å². The Bertz CT molecular complexity index is 265. The zero-order chi connectivity index (χ0) is 7.56. The molecule has 0 heterocycles. The SMILES string of the molecule is Nc1ccccc1[N+](=O)[O-].S. The standard InChI is InChI=1S/C6H6N2O2.H2S/c7-5-3-1-2-4-6(5)8(9)10;/h1-4H,7H2;1H2. The van der Waals surface area contributed by atoms with Crippen molar-refractivity contribution in [1.29, 1.82) is 0 Å². The molecule has 0 fully saturated rings. The summed E-state index contributed by atoms with van der Waals surface area (Å²) in [5.41, 5.74) is 5.44. The fourth-order valence-electron chi connectivity index (χ4n) is 0.654. The summed E-state index contributed by atoms with van der Waals surface area (Å²) in [6.07, 6.45) is 0. The lowest BCUT2D eigenvalue weighted by atomic mass is 10.3. The zero-order valence-electron chi connectivity index (χ0n) is 5.65. The van der Waals surface area contributed by atoms with Crippen LogP contribution >= 0.6 is 13.5 Å². The summed E-state index contributed by atoms with van der Waals surface area (Å²) in [7, 11) is 0. The molecule has 4 nitrogen and oxygen atoms in total. The number of nitrogens with zero attached hydrogens (tertiary/aromatic N) is 1. The molecule has 0 radical (unpaired) electrons. The Morgan fingerprint density at radius 2 is 1.91 bits per heavy atom. The maximum Gasteiger partial charge on any atom is 0.292 e. The van der Waals surface area contributed by atoms with E-state index >= 15 is 0 Å². The molecule has 0 aliphatic heterocycles. The molecule has 0 aliphatic rings. The first-order chi connectivity index (χ1) is 4.72. The van der Waals surface area contributed by atoms with Gasteiger partial charge in [0.1, 0.15) is 5.69 Å². The van der Waals surface area contributed by atoms with E-state index in [9.17, 15) is 10.1 Å². The molecule has 0 unspecified atom stereocenters. The average molecular weight is 172 g/mol. The Hall–Kier alpha value is -1.23. The van der Waals surface area contributed by atoms with Gasteiger partial charge in [-0.05, 0) is 6.07 Å². The number of nitro benzene ring substituents is 1. The van der Waals surface area contributed by atoms with E-state index in [2.05, 4.69) is 0 Å². The van der Waals surface area contributed by atoms with E-state index < -0.39 is 4.92 Å². The van der Waals surface area contributed by atoms with Crippen molar-refractivity contribution in [2.45, 2.75) is 0 Å². The minimum atomic E-state index is -0.505. The highest BCUT2D eigenvalue weighted by atomic mass is 32.1. The Morgan fingerprint density at radius 3 is 2.27 bits per heavy atom. The number of hydrogen-bond acceptors (Lipinski definition) is 3. The van der Waals surface area contributed by atoms with Gasteiger partial charge in [0.2, 0.25) is 0 Å². The molecule has 0 aliphatic carbocycles. The van der Waals surface area contributed by atoms with Crippen LogP contribution in [0.3, 0.4) is 0 Å². The van der Waals surface area contributed by atoms with Crippen molar-refractivity contribution >= 4 is 24.9 Å². The molecule has 0 aromatic heterocycles. The molecule has 0 amide bonds. The number of anilines is 1. The average Bonchev–Trinajstić information content (AvgIpc) is 1.88. The van der Waals surface area contributed by atoms with Gasteiger partial charge in [0.05, 0.1) is 4.92 Å². The number of nitrogen functional groups attached to an aromatic ring is 1. The molecular weight excluding hydrogens is 164 g/mol. The Kier molecular flexibility index (Phi) is 3.39. The number of hydrogen-bond donors (Lipinski definition) is 1. The number of nitro groups is 1. The number of nitrogens with two attached hydrogens (primary N) is 1. The van der Waals surface area contributed by atoms with Gasteiger partial charge >= 0.3 is 0 Å². The van der Waals surface area contributed by atoms with Gasteiger partial charge in [0.15, 0.2) is 0 Å². The van der Waals surface area contributed by atoms with Crippen LogP contribution in [0.2, 0.25) is 0 Å². The van der Waals surface area contributed by atoms with E-state index in [1.54, 1.807) is 12.1 Å². The summed E-state index contributed by atoms with van der Waals surface area (Å²) < 4.78 is 0. The quantitative estimate of drug-likeness (QED) is 0.394. The molecule has 0 saturated heterocycles. The van der Waals surface area contributed by atoms with E-state index in [1.807, 2.05) is 0 Å². The first kappa shape index (κ1) is 9.77. The maximum atomic E-state index is 10.1. The van der Waals surface area contributed by atoms with Gasteiger partial charge in [-0.25, -0.2) is 0 Å². The molecule has 0 atom stereocenters. The van der Waals surface area contributed by atoms with Crippen LogP contribution in [0.4, 0.5) is 11.4 Å².